The third kappa shape index (κ3) is 1.38. The molecule has 0 bridgehead atoms. The van der Waals surface area contributed by atoms with Crippen molar-refractivity contribution in [1.82, 2.24) is 9.80 Å². The maximum absolute atomic E-state index is 2.46. The van der Waals surface area contributed by atoms with Crippen molar-refractivity contribution in [2.24, 2.45) is 5.41 Å². The topological polar surface area (TPSA) is 6.48 Å². The molecule has 2 unspecified atom stereocenters. The maximum Gasteiger partial charge on any atom is 0.0298 e. The summed E-state index contributed by atoms with van der Waals surface area (Å²) in [4.78, 5) is 4.90. The van der Waals surface area contributed by atoms with Crippen molar-refractivity contribution in [3.63, 3.8) is 0 Å². The van der Waals surface area contributed by atoms with Crippen molar-refractivity contribution in [2.45, 2.75) is 26.8 Å². The van der Waals surface area contributed by atoms with Crippen molar-refractivity contribution in [3.05, 3.63) is 0 Å². The lowest BCUT2D eigenvalue weighted by atomic mass is 9.76. The van der Waals surface area contributed by atoms with Crippen LogP contribution < -0.4 is 0 Å². The Bertz CT molecular complexity index is 158. The van der Waals surface area contributed by atoms with Gasteiger partial charge in [0.2, 0.25) is 0 Å². The molecule has 0 saturated carbocycles. The summed E-state index contributed by atoms with van der Waals surface area (Å²) in [6.45, 7) is 10.3. The molecule has 72 valence electrons. The van der Waals surface area contributed by atoms with E-state index >= 15 is 0 Å². The van der Waals surface area contributed by atoms with Crippen LogP contribution in [0.5, 0.6) is 0 Å². The Balaban J connectivity index is 0.000000336. The molecule has 2 heterocycles. The molecule has 2 heteroatoms. The lowest BCUT2D eigenvalue weighted by molar-refractivity contribution is -0.00128. The summed E-state index contributed by atoms with van der Waals surface area (Å²) in [5.74, 6) is 0. The molecule has 0 aliphatic carbocycles. The van der Waals surface area contributed by atoms with Gasteiger partial charge in [0.15, 0.2) is 0 Å². The summed E-state index contributed by atoms with van der Waals surface area (Å²) in [5.41, 5.74) is 0.628. The quantitative estimate of drug-likeness (QED) is 0.540. The molecule has 2 fully saturated rings. The molecule has 0 N–H and O–H groups in total. The van der Waals surface area contributed by atoms with Gasteiger partial charge in [0.05, 0.1) is 0 Å². The van der Waals surface area contributed by atoms with Gasteiger partial charge in [-0.2, -0.15) is 0 Å². The highest BCUT2D eigenvalue weighted by molar-refractivity contribution is 5.07. The SMILES string of the molecule is CC.CN1CC2N(C)CC2(C)C1. The summed E-state index contributed by atoms with van der Waals surface area (Å²) < 4.78 is 0. The molecule has 0 spiro atoms. The fourth-order valence-electron chi connectivity index (χ4n) is 2.70. The molecule has 2 aliphatic rings. The van der Waals surface area contributed by atoms with E-state index in [9.17, 15) is 0 Å². The predicted molar refractivity (Wildman–Crippen MR) is 53.4 cm³/mol. The van der Waals surface area contributed by atoms with Gasteiger partial charge in [-0.05, 0) is 14.1 Å². The minimum Gasteiger partial charge on any atom is -0.304 e. The lowest BCUT2D eigenvalue weighted by Gasteiger charge is -2.49. The normalized spacial score (nSPS) is 41.2. The largest absolute Gasteiger partial charge is 0.304 e. The summed E-state index contributed by atoms with van der Waals surface area (Å²) >= 11 is 0. The Morgan fingerprint density at radius 3 is 2.08 bits per heavy atom. The van der Waals surface area contributed by atoms with Crippen LogP contribution >= 0.6 is 0 Å². The Morgan fingerprint density at radius 1 is 1.17 bits per heavy atom. The van der Waals surface area contributed by atoms with Crippen molar-refractivity contribution in [1.29, 1.82) is 0 Å². The number of fused-ring (bicyclic) bond motifs is 1. The van der Waals surface area contributed by atoms with E-state index < -0.39 is 0 Å². The number of nitrogens with zero attached hydrogens (tertiary/aromatic N) is 2. The zero-order valence-electron chi connectivity index (χ0n) is 9.09. The molecule has 0 radical (unpaired) electrons. The van der Waals surface area contributed by atoms with Crippen molar-refractivity contribution < 1.29 is 0 Å². The highest BCUT2D eigenvalue weighted by Gasteiger charge is 2.51. The van der Waals surface area contributed by atoms with Crippen molar-refractivity contribution in [3.8, 4) is 0 Å². The summed E-state index contributed by atoms with van der Waals surface area (Å²) in [5, 5.41) is 0. The predicted octanol–water partition coefficient (Wildman–Crippen LogP) is 1.28. The van der Waals surface area contributed by atoms with E-state index in [2.05, 4.69) is 30.8 Å². The first-order chi connectivity index (χ1) is 5.62. The molecular formula is C10H22N2. The minimum absolute atomic E-state index is 0.628. The fraction of sp³-hybridized carbons (Fsp3) is 1.00. The fourth-order valence-corrected chi connectivity index (χ4v) is 2.70. The summed E-state index contributed by atoms with van der Waals surface area (Å²) in [6.07, 6.45) is 0. The average molecular weight is 170 g/mol. The van der Waals surface area contributed by atoms with Crippen LogP contribution in [0.1, 0.15) is 20.8 Å². The smallest absolute Gasteiger partial charge is 0.0298 e. The van der Waals surface area contributed by atoms with Crippen molar-refractivity contribution >= 4 is 0 Å². The van der Waals surface area contributed by atoms with E-state index in [1.165, 1.54) is 19.6 Å². The molecule has 2 saturated heterocycles. The molecule has 12 heavy (non-hydrogen) atoms. The van der Waals surface area contributed by atoms with Crippen LogP contribution in [0.3, 0.4) is 0 Å². The molecule has 2 atom stereocenters. The van der Waals surface area contributed by atoms with E-state index in [1.54, 1.807) is 0 Å². The average Bonchev–Trinajstić information content (AvgIpc) is 2.26. The zero-order chi connectivity index (χ0) is 9.35. The Labute approximate surface area is 76.5 Å². The van der Waals surface area contributed by atoms with Crippen LogP contribution in [-0.2, 0) is 0 Å². The molecule has 2 aliphatic heterocycles. The van der Waals surface area contributed by atoms with Crippen LogP contribution in [0.2, 0.25) is 0 Å². The van der Waals surface area contributed by atoms with Gasteiger partial charge in [-0.1, -0.05) is 20.8 Å². The van der Waals surface area contributed by atoms with Gasteiger partial charge in [0, 0.05) is 31.1 Å². The van der Waals surface area contributed by atoms with Crippen LogP contribution in [0, 0.1) is 5.41 Å². The van der Waals surface area contributed by atoms with Crippen LogP contribution in [-0.4, -0.2) is 49.6 Å². The van der Waals surface area contributed by atoms with Crippen LogP contribution in [0.25, 0.3) is 0 Å². The molecule has 0 aromatic carbocycles. The van der Waals surface area contributed by atoms with Gasteiger partial charge in [0.1, 0.15) is 0 Å². The number of likely N-dealkylation sites (N-methyl/N-ethyl adjacent to an activating group) is 2. The number of hydrogen-bond acceptors (Lipinski definition) is 2. The Hall–Kier alpha value is -0.0800. The monoisotopic (exact) mass is 170 g/mol. The highest BCUT2D eigenvalue weighted by atomic mass is 15.3. The Kier molecular flexibility index (Phi) is 2.79. The van der Waals surface area contributed by atoms with E-state index in [4.69, 9.17) is 0 Å². The lowest BCUT2D eigenvalue weighted by Crippen LogP contribution is -2.60. The Morgan fingerprint density at radius 2 is 1.75 bits per heavy atom. The molecular weight excluding hydrogens is 148 g/mol. The molecule has 2 nitrogen and oxygen atoms in total. The van der Waals surface area contributed by atoms with Gasteiger partial charge in [0.25, 0.3) is 0 Å². The first-order valence-electron chi connectivity index (χ1n) is 5.01. The second-order valence-electron chi connectivity index (χ2n) is 4.28. The van der Waals surface area contributed by atoms with Crippen molar-refractivity contribution in [2.75, 3.05) is 33.7 Å². The molecule has 0 amide bonds. The number of hydrogen-bond donors (Lipinski definition) is 0. The van der Waals surface area contributed by atoms with Gasteiger partial charge >= 0.3 is 0 Å². The second kappa shape index (κ2) is 3.35. The zero-order valence-corrected chi connectivity index (χ0v) is 9.09. The second-order valence-corrected chi connectivity index (χ2v) is 4.28. The number of rotatable bonds is 0. The minimum atomic E-state index is 0.628. The van der Waals surface area contributed by atoms with Gasteiger partial charge in [-0.15, -0.1) is 0 Å². The van der Waals surface area contributed by atoms with Gasteiger partial charge in [-0.3, -0.25) is 0 Å². The molecule has 2 rings (SSSR count). The summed E-state index contributed by atoms with van der Waals surface area (Å²) in [6, 6.07) is 0.845. The van der Waals surface area contributed by atoms with Crippen LogP contribution in [0.15, 0.2) is 0 Å². The molecule has 0 aromatic heterocycles. The van der Waals surface area contributed by atoms with E-state index in [-0.39, 0.29) is 0 Å². The highest BCUT2D eigenvalue weighted by Crippen LogP contribution is 2.41. The van der Waals surface area contributed by atoms with Gasteiger partial charge < -0.3 is 9.80 Å². The van der Waals surface area contributed by atoms with E-state index in [0.29, 0.717) is 5.41 Å². The maximum atomic E-state index is 2.46. The van der Waals surface area contributed by atoms with E-state index in [1.807, 2.05) is 13.8 Å². The third-order valence-electron chi connectivity index (χ3n) is 3.06. The van der Waals surface area contributed by atoms with Crippen LogP contribution in [0.4, 0.5) is 0 Å². The molecule has 0 aromatic rings. The van der Waals surface area contributed by atoms with Gasteiger partial charge in [-0.25, -0.2) is 0 Å². The number of likely N-dealkylation sites (tertiary alicyclic amines) is 2. The first-order valence-corrected chi connectivity index (χ1v) is 5.01. The summed E-state index contributed by atoms with van der Waals surface area (Å²) in [7, 11) is 4.45. The van der Waals surface area contributed by atoms with E-state index in [0.717, 1.165) is 6.04 Å². The first kappa shape index (κ1) is 10.0. The standard InChI is InChI=1S/C8H16N2.C2H6/c1-8-5-9(2)4-7(8)10(3)6-8;1-2/h7H,4-6H2,1-3H3;1-2H3. The third-order valence-corrected chi connectivity index (χ3v) is 3.06.